The second-order valence-corrected chi connectivity index (χ2v) is 12.0. The molecule has 1 aliphatic rings. The number of carbonyl (C=O) groups is 1. The van der Waals surface area contributed by atoms with Crippen molar-refractivity contribution in [2.45, 2.75) is 59.2 Å². The van der Waals surface area contributed by atoms with Crippen molar-refractivity contribution in [3.05, 3.63) is 78.0 Å². The van der Waals surface area contributed by atoms with Crippen molar-refractivity contribution >= 4 is 34.0 Å². The molecule has 216 valence electrons. The van der Waals surface area contributed by atoms with Gasteiger partial charge in [-0.3, -0.25) is 10.00 Å². The summed E-state index contributed by atoms with van der Waals surface area (Å²) < 4.78 is 12.1. The summed E-state index contributed by atoms with van der Waals surface area (Å²) in [4.78, 5) is 18.0. The van der Waals surface area contributed by atoms with Crippen LogP contribution in [-0.2, 0) is 10.2 Å². The molecule has 0 aliphatic carbocycles. The number of aromatic amines is 1. The summed E-state index contributed by atoms with van der Waals surface area (Å²) in [6.45, 7) is 16.0. The Hall–Kier alpha value is -3.88. The van der Waals surface area contributed by atoms with Gasteiger partial charge < -0.3 is 14.8 Å². The smallest absolute Gasteiger partial charge is 0.332 e. The predicted octanol–water partition coefficient (Wildman–Crippen LogP) is 7.03. The first-order valence-corrected chi connectivity index (χ1v) is 14.3. The number of fused-ring (bicyclic) bond motifs is 1. The average molecular weight is 556 g/mol. The van der Waals surface area contributed by atoms with E-state index < -0.39 is 0 Å². The van der Waals surface area contributed by atoms with Crippen molar-refractivity contribution in [2.75, 3.05) is 36.5 Å². The lowest BCUT2D eigenvalue weighted by atomic mass is 9.86. The van der Waals surface area contributed by atoms with Crippen LogP contribution in [0.15, 0.2) is 66.9 Å². The number of hydrogen-bond acceptors (Lipinski definition) is 5. The summed E-state index contributed by atoms with van der Waals surface area (Å²) in [7, 11) is 0. The van der Waals surface area contributed by atoms with Gasteiger partial charge in [-0.15, -0.1) is 0 Å². The number of benzene rings is 3. The van der Waals surface area contributed by atoms with Gasteiger partial charge in [0.25, 0.3) is 0 Å². The molecule has 1 aromatic heterocycles. The summed E-state index contributed by atoms with van der Waals surface area (Å²) in [5, 5.41) is 12.1. The number of hydrogen-bond donors (Lipinski definition) is 2. The molecule has 4 aromatic rings. The van der Waals surface area contributed by atoms with E-state index in [1.54, 1.807) is 17.2 Å². The van der Waals surface area contributed by atoms with Gasteiger partial charge in [-0.1, -0.05) is 57.2 Å². The van der Waals surface area contributed by atoms with Gasteiger partial charge in [0, 0.05) is 36.5 Å². The molecule has 0 saturated carbocycles. The lowest BCUT2D eigenvalue weighted by molar-refractivity contribution is -0.0699. The van der Waals surface area contributed by atoms with Crippen LogP contribution in [0.2, 0.25) is 0 Å². The van der Waals surface area contributed by atoms with Crippen LogP contribution in [0, 0.1) is 6.92 Å². The van der Waals surface area contributed by atoms with Crippen LogP contribution in [0.5, 0.6) is 5.75 Å². The van der Waals surface area contributed by atoms with Gasteiger partial charge in [0.1, 0.15) is 18.2 Å². The number of carbonyl (C=O) groups excluding carboxylic acids is 1. The average Bonchev–Trinajstić information content (AvgIpc) is 3.44. The molecule has 0 radical (unpaired) electrons. The monoisotopic (exact) mass is 555 g/mol. The minimum absolute atomic E-state index is 0.0666. The summed E-state index contributed by atoms with van der Waals surface area (Å²) in [5.74, 6) is 1.39. The van der Waals surface area contributed by atoms with E-state index in [9.17, 15) is 4.79 Å². The highest BCUT2D eigenvalue weighted by Gasteiger charge is 2.25. The first kappa shape index (κ1) is 28.6. The van der Waals surface area contributed by atoms with E-state index in [1.807, 2.05) is 43.3 Å². The Morgan fingerprint density at radius 1 is 1.07 bits per heavy atom. The van der Waals surface area contributed by atoms with Crippen LogP contribution in [0.4, 0.5) is 22.0 Å². The lowest BCUT2D eigenvalue weighted by Gasteiger charge is -2.35. The molecule has 0 spiro atoms. The number of aryl methyl sites for hydroxylation is 1. The molecule has 2 N–H and O–H groups in total. The molecular weight excluding hydrogens is 514 g/mol. The summed E-state index contributed by atoms with van der Waals surface area (Å²) in [6.07, 6.45) is 2.10. The fourth-order valence-corrected chi connectivity index (χ4v) is 5.47. The van der Waals surface area contributed by atoms with E-state index >= 15 is 0 Å². The third kappa shape index (κ3) is 6.55. The highest BCUT2D eigenvalue weighted by Crippen LogP contribution is 2.35. The minimum Gasteiger partial charge on any atom is -0.492 e. The van der Waals surface area contributed by atoms with Crippen molar-refractivity contribution in [1.29, 1.82) is 0 Å². The van der Waals surface area contributed by atoms with Gasteiger partial charge in [-0.05, 0) is 55.5 Å². The maximum absolute atomic E-state index is 14.0. The van der Waals surface area contributed by atoms with Gasteiger partial charge >= 0.3 is 6.03 Å². The van der Waals surface area contributed by atoms with Gasteiger partial charge in [0.05, 0.1) is 29.8 Å². The van der Waals surface area contributed by atoms with E-state index in [-0.39, 0.29) is 23.7 Å². The maximum Gasteiger partial charge on any atom is 0.332 e. The van der Waals surface area contributed by atoms with Crippen molar-refractivity contribution in [2.24, 2.45) is 0 Å². The molecule has 3 aromatic carbocycles. The molecule has 1 fully saturated rings. The number of urea groups is 1. The SMILES string of the molecule is Cc1ccc(C(C)(C)C)cc1N(C(=O)Nc1ccc(OCCN2CC(C)OC(C)C2)c2ccccc12)c1ccn[nH]1. The molecule has 2 atom stereocenters. The maximum atomic E-state index is 14.0. The Kier molecular flexibility index (Phi) is 8.33. The third-order valence-corrected chi connectivity index (χ3v) is 7.53. The van der Waals surface area contributed by atoms with Crippen molar-refractivity contribution in [3.63, 3.8) is 0 Å². The van der Waals surface area contributed by atoms with Crippen LogP contribution >= 0.6 is 0 Å². The van der Waals surface area contributed by atoms with Crippen LogP contribution < -0.4 is 15.0 Å². The van der Waals surface area contributed by atoms with Crippen LogP contribution in [0.25, 0.3) is 10.8 Å². The van der Waals surface area contributed by atoms with Crippen molar-refractivity contribution in [3.8, 4) is 5.75 Å². The van der Waals surface area contributed by atoms with Crippen LogP contribution in [0.3, 0.4) is 0 Å². The Bertz CT molecular complexity index is 1480. The molecule has 5 rings (SSSR count). The topological polar surface area (TPSA) is 82.7 Å². The molecule has 8 nitrogen and oxygen atoms in total. The molecular formula is C33H41N5O3. The van der Waals surface area contributed by atoms with Crippen molar-refractivity contribution in [1.82, 2.24) is 15.1 Å². The quantitative estimate of drug-likeness (QED) is 0.256. The number of ether oxygens (including phenoxy) is 2. The number of rotatable bonds is 7. The van der Waals surface area contributed by atoms with Gasteiger partial charge in [0.2, 0.25) is 0 Å². The first-order valence-electron chi connectivity index (χ1n) is 14.3. The highest BCUT2D eigenvalue weighted by atomic mass is 16.5. The fourth-order valence-electron chi connectivity index (χ4n) is 5.47. The van der Waals surface area contributed by atoms with E-state index in [2.05, 4.69) is 73.2 Å². The standard InChI is InChI=1S/C33H41N5O3/c1-22-11-12-25(33(4,5)6)19-29(22)38(31-15-16-34-36-31)32(39)35-28-13-14-30(27-10-8-7-9-26(27)28)40-18-17-37-20-23(2)41-24(3)21-37/h7-16,19,23-24H,17-18,20-21H2,1-6H3,(H,34,36)(H,35,39). The van der Waals surface area contributed by atoms with E-state index in [4.69, 9.17) is 9.47 Å². The molecule has 0 bridgehead atoms. The number of H-pyrrole nitrogens is 1. The predicted molar refractivity (Wildman–Crippen MR) is 166 cm³/mol. The van der Waals surface area contributed by atoms with Gasteiger partial charge in [0.15, 0.2) is 0 Å². The second-order valence-electron chi connectivity index (χ2n) is 12.0. The number of anilines is 3. The third-order valence-electron chi connectivity index (χ3n) is 7.53. The number of nitrogens with one attached hydrogen (secondary N) is 2. The summed E-state index contributed by atoms with van der Waals surface area (Å²) >= 11 is 0. The van der Waals surface area contributed by atoms with E-state index in [1.165, 1.54) is 0 Å². The van der Waals surface area contributed by atoms with Gasteiger partial charge in [-0.25, -0.2) is 9.69 Å². The van der Waals surface area contributed by atoms with E-state index in [0.29, 0.717) is 18.1 Å². The summed E-state index contributed by atoms with van der Waals surface area (Å²) in [6, 6.07) is 19.6. The van der Waals surface area contributed by atoms with Crippen LogP contribution in [-0.4, -0.2) is 59.6 Å². The largest absolute Gasteiger partial charge is 0.492 e. The molecule has 2 amide bonds. The zero-order valence-corrected chi connectivity index (χ0v) is 24.9. The molecule has 1 saturated heterocycles. The Morgan fingerprint density at radius 3 is 2.49 bits per heavy atom. The molecule has 8 heteroatoms. The first-order chi connectivity index (χ1) is 19.6. The highest BCUT2D eigenvalue weighted by molar-refractivity contribution is 6.11. The molecule has 2 unspecified atom stereocenters. The van der Waals surface area contributed by atoms with Gasteiger partial charge in [-0.2, -0.15) is 5.10 Å². The fraction of sp³-hybridized carbons (Fsp3) is 0.394. The Labute approximate surface area is 242 Å². The molecule has 1 aliphatic heterocycles. The van der Waals surface area contributed by atoms with Crippen molar-refractivity contribution < 1.29 is 14.3 Å². The molecule has 2 heterocycles. The number of morpholine rings is 1. The number of aromatic nitrogens is 2. The number of amides is 2. The lowest BCUT2D eigenvalue weighted by Crippen LogP contribution is -2.46. The Morgan fingerprint density at radius 2 is 1.80 bits per heavy atom. The number of nitrogens with zero attached hydrogens (tertiary/aromatic N) is 3. The van der Waals surface area contributed by atoms with Crippen LogP contribution in [0.1, 0.15) is 45.7 Å². The molecule has 41 heavy (non-hydrogen) atoms. The summed E-state index contributed by atoms with van der Waals surface area (Å²) in [5.41, 5.74) is 3.57. The second kappa shape index (κ2) is 11.9. The van der Waals surface area contributed by atoms with E-state index in [0.717, 1.165) is 53.0 Å². The zero-order chi connectivity index (χ0) is 29.1. The zero-order valence-electron chi connectivity index (χ0n) is 24.9. The Balaban J connectivity index is 1.39. The normalized spacial score (nSPS) is 17.9. The minimum atomic E-state index is -0.280.